The van der Waals surface area contributed by atoms with Gasteiger partial charge in [-0.2, -0.15) is 0 Å². The number of rotatable bonds is 4. The van der Waals surface area contributed by atoms with Crippen LogP contribution >= 0.6 is 23.2 Å². The van der Waals surface area contributed by atoms with Gasteiger partial charge in [-0.05, 0) is 41.7 Å². The molecule has 2 aliphatic rings. The van der Waals surface area contributed by atoms with Gasteiger partial charge in [-0.3, -0.25) is 0 Å². The molecular formula is C25H21Cl2NO. The maximum Gasteiger partial charge on any atom is 0.143 e. The van der Waals surface area contributed by atoms with Crippen molar-refractivity contribution in [2.24, 2.45) is 5.92 Å². The molecule has 3 atom stereocenters. The molecule has 3 aromatic carbocycles. The first-order valence-electron chi connectivity index (χ1n) is 9.89. The zero-order valence-corrected chi connectivity index (χ0v) is 17.3. The normalized spacial score (nSPS) is 21.9. The Morgan fingerprint density at radius 1 is 0.897 bits per heavy atom. The Balaban J connectivity index is 1.53. The zero-order valence-electron chi connectivity index (χ0n) is 15.8. The van der Waals surface area contributed by atoms with Gasteiger partial charge in [-0.15, -0.1) is 0 Å². The van der Waals surface area contributed by atoms with Crippen LogP contribution in [0.15, 0.2) is 78.9 Å². The number of anilines is 1. The molecule has 4 heteroatoms. The minimum atomic E-state index is 0.0326. The highest BCUT2D eigenvalue weighted by atomic mass is 35.5. The number of fused-ring (bicyclic) bond motifs is 3. The molecule has 1 heterocycles. The van der Waals surface area contributed by atoms with Crippen molar-refractivity contribution < 1.29 is 4.74 Å². The van der Waals surface area contributed by atoms with Crippen molar-refractivity contribution in [2.75, 3.05) is 5.32 Å². The molecule has 0 saturated heterocycles. The second kappa shape index (κ2) is 7.78. The molecule has 0 amide bonds. The third-order valence-electron chi connectivity index (χ3n) is 5.91. The van der Waals surface area contributed by atoms with E-state index in [1.807, 2.05) is 42.5 Å². The number of hydrogen-bond donors (Lipinski definition) is 1. The van der Waals surface area contributed by atoms with Gasteiger partial charge < -0.3 is 10.1 Å². The maximum absolute atomic E-state index is 6.59. The molecule has 2 nitrogen and oxygen atoms in total. The molecular weight excluding hydrogens is 401 g/mol. The summed E-state index contributed by atoms with van der Waals surface area (Å²) in [7, 11) is 0. The van der Waals surface area contributed by atoms with Crippen molar-refractivity contribution in [3.63, 3.8) is 0 Å². The quantitative estimate of drug-likeness (QED) is 0.443. The standard InChI is InChI=1S/C25H21Cl2NO/c26-20-12-6-13-21(27)23(20)25-19-10-4-9-17(19)18-11-5-14-22(24(18)28-25)29-15-16-7-2-1-3-8-16/h1-9,11-14,17,19,25,28H,10,15H2. The first-order chi connectivity index (χ1) is 14.2. The van der Waals surface area contributed by atoms with Crippen molar-refractivity contribution in [1.82, 2.24) is 0 Å². The summed E-state index contributed by atoms with van der Waals surface area (Å²) in [5.41, 5.74) is 4.43. The molecule has 3 aromatic rings. The predicted molar refractivity (Wildman–Crippen MR) is 120 cm³/mol. The second-order valence-corrected chi connectivity index (χ2v) is 8.42. The summed E-state index contributed by atoms with van der Waals surface area (Å²) in [4.78, 5) is 0. The van der Waals surface area contributed by atoms with E-state index >= 15 is 0 Å². The monoisotopic (exact) mass is 421 g/mol. The highest BCUT2D eigenvalue weighted by molar-refractivity contribution is 6.36. The van der Waals surface area contributed by atoms with Crippen LogP contribution in [-0.2, 0) is 6.61 Å². The summed E-state index contributed by atoms with van der Waals surface area (Å²) in [6.07, 6.45) is 5.57. The molecule has 5 rings (SSSR count). The van der Waals surface area contributed by atoms with Crippen LogP contribution in [0.3, 0.4) is 0 Å². The SMILES string of the molecule is Clc1cccc(Cl)c1C1Nc2c(OCc3ccccc3)cccc2C2C=CCC21. The number of benzene rings is 3. The summed E-state index contributed by atoms with van der Waals surface area (Å²) in [5.74, 6) is 1.56. The summed E-state index contributed by atoms with van der Waals surface area (Å²) in [6, 6.07) is 22.3. The Labute approximate surface area is 181 Å². The number of ether oxygens (including phenoxy) is 1. The Morgan fingerprint density at radius 2 is 1.66 bits per heavy atom. The van der Waals surface area contributed by atoms with Gasteiger partial charge in [0.05, 0.1) is 11.7 Å². The summed E-state index contributed by atoms with van der Waals surface area (Å²) >= 11 is 13.2. The van der Waals surface area contributed by atoms with Crippen LogP contribution in [-0.4, -0.2) is 0 Å². The Morgan fingerprint density at radius 3 is 2.45 bits per heavy atom. The molecule has 1 aliphatic carbocycles. The molecule has 0 radical (unpaired) electrons. The van der Waals surface area contributed by atoms with E-state index in [2.05, 4.69) is 41.7 Å². The molecule has 3 unspecified atom stereocenters. The van der Waals surface area contributed by atoms with Gasteiger partial charge >= 0.3 is 0 Å². The second-order valence-electron chi connectivity index (χ2n) is 7.61. The van der Waals surface area contributed by atoms with Gasteiger partial charge in [0.25, 0.3) is 0 Å². The molecule has 1 N–H and O–H groups in total. The Kier molecular flexibility index (Phi) is 4.99. The van der Waals surface area contributed by atoms with E-state index in [0.717, 1.165) is 29.0 Å². The lowest BCUT2D eigenvalue weighted by atomic mass is 9.77. The molecule has 0 saturated carbocycles. The smallest absolute Gasteiger partial charge is 0.143 e. The summed E-state index contributed by atoms with van der Waals surface area (Å²) in [6.45, 7) is 0.528. The van der Waals surface area contributed by atoms with E-state index in [9.17, 15) is 0 Å². The minimum Gasteiger partial charge on any atom is -0.487 e. The van der Waals surface area contributed by atoms with Crippen LogP contribution in [0, 0.1) is 5.92 Å². The third-order valence-corrected chi connectivity index (χ3v) is 6.57. The van der Waals surface area contributed by atoms with Crippen LogP contribution in [0.2, 0.25) is 10.0 Å². The van der Waals surface area contributed by atoms with Crippen LogP contribution in [0.1, 0.15) is 35.1 Å². The summed E-state index contributed by atoms with van der Waals surface area (Å²) in [5, 5.41) is 5.14. The fourth-order valence-electron chi connectivity index (χ4n) is 4.54. The Hall–Kier alpha value is -2.42. The minimum absolute atomic E-state index is 0.0326. The van der Waals surface area contributed by atoms with Gasteiger partial charge in [0.2, 0.25) is 0 Å². The Bertz CT molecular complexity index is 1040. The molecule has 29 heavy (non-hydrogen) atoms. The van der Waals surface area contributed by atoms with E-state index in [1.165, 1.54) is 5.56 Å². The highest BCUT2D eigenvalue weighted by Gasteiger charge is 2.40. The van der Waals surface area contributed by atoms with Crippen LogP contribution in [0.5, 0.6) is 5.75 Å². The van der Waals surface area contributed by atoms with E-state index in [0.29, 0.717) is 28.5 Å². The molecule has 1 aliphatic heterocycles. The molecule has 0 bridgehead atoms. The first kappa shape index (κ1) is 18.6. The van der Waals surface area contributed by atoms with Crippen molar-refractivity contribution in [1.29, 1.82) is 0 Å². The maximum atomic E-state index is 6.59. The van der Waals surface area contributed by atoms with Crippen LogP contribution < -0.4 is 10.1 Å². The third kappa shape index (κ3) is 3.41. The van der Waals surface area contributed by atoms with Crippen LogP contribution in [0.4, 0.5) is 5.69 Å². The van der Waals surface area contributed by atoms with E-state index in [4.69, 9.17) is 27.9 Å². The lowest BCUT2D eigenvalue weighted by molar-refractivity contribution is 0.304. The van der Waals surface area contributed by atoms with Crippen LogP contribution in [0.25, 0.3) is 0 Å². The van der Waals surface area contributed by atoms with Gasteiger partial charge in [0.15, 0.2) is 0 Å². The molecule has 0 spiro atoms. The topological polar surface area (TPSA) is 21.3 Å². The fourth-order valence-corrected chi connectivity index (χ4v) is 5.17. The van der Waals surface area contributed by atoms with Crippen molar-refractivity contribution >= 4 is 28.9 Å². The van der Waals surface area contributed by atoms with Gasteiger partial charge in [-0.25, -0.2) is 0 Å². The van der Waals surface area contributed by atoms with Gasteiger partial charge in [0, 0.05) is 21.5 Å². The van der Waals surface area contributed by atoms with Crippen molar-refractivity contribution in [3.8, 4) is 5.75 Å². The van der Waals surface area contributed by atoms with Gasteiger partial charge in [-0.1, -0.05) is 83.9 Å². The lowest BCUT2D eigenvalue weighted by Gasteiger charge is -2.38. The van der Waals surface area contributed by atoms with Crippen molar-refractivity contribution in [3.05, 3.63) is 106 Å². The molecule has 146 valence electrons. The summed E-state index contributed by atoms with van der Waals surface area (Å²) < 4.78 is 6.23. The number of allylic oxidation sites excluding steroid dienone is 2. The highest BCUT2D eigenvalue weighted by Crippen LogP contribution is 2.53. The average molecular weight is 422 g/mol. The lowest BCUT2D eigenvalue weighted by Crippen LogP contribution is -2.29. The fraction of sp³-hybridized carbons (Fsp3) is 0.200. The average Bonchev–Trinajstić information content (AvgIpc) is 3.23. The molecule has 0 fully saturated rings. The van der Waals surface area contributed by atoms with E-state index in [1.54, 1.807) is 0 Å². The van der Waals surface area contributed by atoms with Crippen molar-refractivity contribution in [2.45, 2.75) is 25.0 Å². The number of para-hydroxylation sites is 1. The first-order valence-corrected chi connectivity index (χ1v) is 10.6. The largest absolute Gasteiger partial charge is 0.487 e. The van der Waals surface area contributed by atoms with E-state index < -0.39 is 0 Å². The van der Waals surface area contributed by atoms with E-state index in [-0.39, 0.29) is 6.04 Å². The predicted octanol–water partition coefficient (Wildman–Crippen LogP) is 7.40. The number of nitrogens with one attached hydrogen (secondary N) is 1. The van der Waals surface area contributed by atoms with Gasteiger partial charge in [0.1, 0.15) is 12.4 Å². The number of hydrogen-bond acceptors (Lipinski definition) is 2. The molecule has 0 aromatic heterocycles. The zero-order chi connectivity index (χ0) is 19.8. The number of halogens is 2.